The number of thioether (sulfide) groups is 1. The van der Waals surface area contributed by atoms with Crippen LogP contribution in [-0.2, 0) is 11.8 Å². The number of carbonyl (C=O) groups is 1. The number of benzene rings is 2. The molecule has 0 fully saturated rings. The lowest BCUT2D eigenvalue weighted by atomic mass is 10.2. The molecular formula is C23H22BrN5OS. The van der Waals surface area contributed by atoms with Crippen LogP contribution < -0.4 is 5.32 Å². The minimum absolute atomic E-state index is 0.0860. The number of anilines is 1. The standard InChI is InChI=1S/C23H22BrN5OS/c1-13-20(14(2)29(4)28-13)26-22(30)15(3)31-23-18-7-5-6-8-19(18)25-21(27-23)16-9-11-17(24)12-10-16/h5-12,15H,1-4H3,(H,26,30). The lowest BCUT2D eigenvalue weighted by molar-refractivity contribution is -0.115. The van der Waals surface area contributed by atoms with Crippen LogP contribution in [-0.4, -0.2) is 30.9 Å². The molecule has 0 aliphatic rings. The van der Waals surface area contributed by atoms with Gasteiger partial charge in [0.1, 0.15) is 5.03 Å². The van der Waals surface area contributed by atoms with Crippen molar-refractivity contribution in [3.63, 3.8) is 0 Å². The Bertz CT molecular complexity index is 1270. The number of nitrogens with one attached hydrogen (secondary N) is 1. The summed E-state index contributed by atoms with van der Waals surface area (Å²) in [4.78, 5) is 22.5. The molecule has 0 bridgehead atoms. The minimum Gasteiger partial charge on any atom is -0.322 e. The number of carbonyl (C=O) groups excluding carboxylic acids is 1. The monoisotopic (exact) mass is 495 g/mol. The van der Waals surface area contributed by atoms with Crippen LogP contribution in [0.4, 0.5) is 5.69 Å². The van der Waals surface area contributed by atoms with E-state index in [-0.39, 0.29) is 11.2 Å². The molecule has 2 aromatic heterocycles. The van der Waals surface area contributed by atoms with Gasteiger partial charge in [0.05, 0.1) is 27.8 Å². The number of fused-ring (bicyclic) bond motifs is 1. The summed E-state index contributed by atoms with van der Waals surface area (Å²) in [5, 5.41) is 8.76. The lowest BCUT2D eigenvalue weighted by Gasteiger charge is -2.14. The van der Waals surface area contributed by atoms with Gasteiger partial charge in [-0.15, -0.1) is 0 Å². The number of hydrogen-bond donors (Lipinski definition) is 1. The fraction of sp³-hybridized carbons (Fsp3) is 0.217. The van der Waals surface area contributed by atoms with Crippen LogP contribution in [0.5, 0.6) is 0 Å². The zero-order chi connectivity index (χ0) is 22.1. The van der Waals surface area contributed by atoms with Crippen molar-refractivity contribution in [2.24, 2.45) is 7.05 Å². The Hall–Kier alpha value is -2.71. The number of aryl methyl sites for hydroxylation is 2. The van der Waals surface area contributed by atoms with Crippen LogP contribution in [0.2, 0.25) is 0 Å². The minimum atomic E-state index is -0.352. The number of nitrogens with zero attached hydrogens (tertiary/aromatic N) is 4. The first-order valence-electron chi connectivity index (χ1n) is 9.84. The summed E-state index contributed by atoms with van der Waals surface area (Å²) in [7, 11) is 1.87. The van der Waals surface area contributed by atoms with E-state index < -0.39 is 0 Å². The Morgan fingerprint density at radius 1 is 1.10 bits per heavy atom. The van der Waals surface area contributed by atoms with E-state index in [2.05, 4.69) is 26.3 Å². The number of halogens is 1. The number of hydrogen-bond acceptors (Lipinski definition) is 5. The van der Waals surface area contributed by atoms with Gasteiger partial charge in [-0.3, -0.25) is 9.48 Å². The van der Waals surface area contributed by atoms with Gasteiger partial charge >= 0.3 is 0 Å². The van der Waals surface area contributed by atoms with Crippen LogP contribution in [0.25, 0.3) is 22.3 Å². The summed E-state index contributed by atoms with van der Waals surface area (Å²) in [6.07, 6.45) is 0. The van der Waals surface area contributed by atoms with Crippen molar-refractivity contribution in [3.05, 3.63) is 64.4 Å². The Morgan fingerprint density at radius 2 is 1.81 bits per heavy atom. The normalized spacial score (nSPS) is 12.2. The van der Waals surface area contributed by atoms with Gasteiger partial charge in [0.2, 0.25) is 5.91 Å². The second-order valence-corrected chi connectivity index (χ2v) is 9.54. The third-order valence-electron chi connectivity index (χ3n) is 5.09. The van der Waals surface area contributed by atoms with Crippen LogP contribution in [0.3, 0.4) is 0 Å². The lowest BCUT2D eigenvalue weighted by Crippen LogP contribution is -2.23. The highest BCUT2D eigenvalue weighted by atomic mass is 79.9. The Morgan fingerprint density at radius 3 is 2.48 bits per heavy atom. The molecule has 4 rings (SSSR count). The van der Waals surface area contributed by atoms with Crippen molar-refractivity contribution in [1.29, 1.82) is 0 Å². The Labute approximate surface area is 193 Å². The van der Waals surface area contributed by atoms with Crippen molar-refractivity contribution in [2.75, 3.05) is 5.32 Å². The van der Waals surface area contributed by atoms with Crippen molar-refractivity contribution in [2.45, 2.75) is 31.0 Å². The van der Waals surface area contributed by atoms with E-state index in [1.807, 2.05) is 76.3 Å². The van der Waals surface area contributed by atoms with Gasteiger partial charge in [-0.1, -0.05) is 58.0 Å². The summed E-state index contributed by atoms with van der Waals surface area (Å²) in [6, 6.07) is 15.8. The summed E-state index contributed by atoms with van der Waals surface area (Å²) in [6.45, 7) is 5.72. The zero-order valence-corrected chi connectivity index (χ0v) is 20.1. The SMILES string of the molecule is Cc1nn(C)c(C)c1NC(=O)C(C)Sc1nc(-c2ccc(Br)cc2)nc2ccccc12. The summed E-state index contributed by atoms with van der Waals surface area (Å²) in [5.41, 5.74) is 4.27. The number of para-hydroxylation sites is 1. The van der Waals surface area contributed by atoms with Gasteiger partial charge in [0.25, 0.3) is 0 Å². The molecule has 4 aromatic rings. The van der Waals surface area contributed by atoms with Crippen molar-refractivity contribution >= 4 is 50.2 Å². The van der Waals surface area contributed by atoms with E-state index in [1.165, 1.54) is 11.8 Å². The van der Waals surface area contributed by atoms with Crippen LogP contribution in [0, 0.1) is 13.8 Å². The Kier molecular flexibility index (Phi) is 6.11. The molecule has 1 amide bonds. The summed E-state index contributed by atoms with van der Waals surface area (Å²) in [5.74, 6) is 0.553. The molecule has 0 aliphatic carbocycles. The maximum atomic E-state index is 12.9. The first-order valence-corrected chi connectivity index (χ1v) is 11.5. The van der Waals surface area contributed by atoms with Gasteiger partial charge < -0.3 is 5.32 Å². The van der Waals surface area contributed by atoms with E-state index in [1.54, 1.807) is 4.68 Å². The first-order chi connectivity index (χ1) is 14.8. The molecule has 0 saturated carbocycles. The fourth-order valence-electron chi connectivity index (χ4n) is 3.27. The van der Waals surface area contributed by atoms with Crippen LogP contribution in [0.1, 0.15) is 18.3 Å². The van der Waals surface area contributed by atoms with Crippen molar-refractivity contribution in [1.82, 2.24) is 19.7 Å². The molecule has 2 heterocycles. The fourth-order valence-corrected chi connectivity index (χ4v) is 4.47. The summed E-state index contributed by atoms with van der Waals surface area (Å²) >= 11 is 4.90. The van der Waals surface area contributed by atoms with Gasteiger partial charge in [-0.2, -0.15) is 5.10 Å². The smallest absolute Gasteiger partial charge is 0.237 e. The van der Waals surface area contributed by atoms with Crippen LogP contribution in [0.15, 0.2) is 58.0 Å². The quantitative estimate of drug-likeness (QED) is 0.291. The molecule has 31 heavy (non-hydrogen) atoms. The number of aromatic nitrogens is 4. The Balaban J connectivity index is 1.65. The third-order valence-corrected chi connectivity index (χ3v) is 6.72. The van der Waals surface area contributed by atoms with E-state index >= 15 is 0 Å². The molecule has 158 valence electrons. The molecule has 1 N–H and O–H groups in total. The van der Waals surface area contributed by atoms with Crippen molar-refractivity contribution < 1.29 is 4.79 Å². The van der Waals surface area contributed by atoms with E-state index in [0.717, 1.165) is 43.0 Å². The molecule has 0 spiro atoms. The topological polar surface area (TPSA) is 72.7 Å². The van der Waals surface area contributed by atoms with Crippen LogP contribution >= 0.6 is 27.7 Å². The zero-order valence-electron chi connectivity index (χ0n) is 17.7. The molecule has 8 heteroatoms. The van der Waals surface area contributed by atoms with Gasteiger partial charge in [0, 0.05) is 22.5 Å². The highest BCUT2D eigenvalue weighted by Crippen LogP contribution is 2.32. The largest absolute Gasteiger partial charge is 0.322 e. The highest BCUT2D eigenvalue weighted by molar-refractivity contribution is 9.10. The summed E-state index contributed by atoms with van der Waals surface area (Å²) < 4.78 is 2.77. The third kappa shape index (κ3) is 4.50. The number of amides is 1. The average Bonchev–Trinajstić information content (AvgIpc) is 3.00. The predicted molar refractivity (Wildman–Crippen MR) is 129 cm³/mol. The molecular weight excluding hydrogens is 474 g/mol. The molecule has 0 aliphatic heterocycles. The highest BCUT2D eigenvalue weighted by Gasteiger charge is 2.21. The molecule has 6 nitrogen and oxygen atoms in total. The second kappa shape index (κ2) is 8.80. The van der Waals surface area contributed by atoms with Gasteiger partial charge in [-0.05, 0) is 39.0 Å². The predicted octanol–water partition coefficient (Wildman–Crippen LogP) is 5.53. The molecule has 1 unspecified atom stereocenters. The molecule has 0 saturated heterocycles. The van der Waals surface area contributed by atoms with E-state index in [4.69, 9.17) is 9.97 Å². The molecule has 0 radical (unpaired) electrons. The van der Waals surface area contributed by atoms with E-state index in [9.17, 15) is 4.79 Å². The molecule has 1 atom stereocenters. The molecule has 2 aromatic carbocycles. The number of rotatable bonds is 5. The van der Waals surface area contributed by atoms with Gasteiger partial charge in [0.15, 0.2) is 5.82 Å². The maximum absolute atomic E-state index is 12.9. The van der Waals surface area contributed by atoms with Crippen molar-refractivity contribution in [3.8, 4) is 11.4 Å². The second-order valence-electron chi connectivity index (χ2n) is 7.30. The van der Waals surface area contributed by atoms with Gasteiger partial charge in [-0.25, -0.2) is 9.97 Å². The van der Waals surface area contributed by atoms with E-state index in [0.29, 0.717) is 5.82 Å². The first kappa shape index (κ1) is 21.5. The maximum Gasteiger partial charge on any atom is 0.237 e. The average molecular weight is 496 g/mol.